The van der Waals surface area contributed by atoms with E-state index in [4.69, 9.17) is 9.40 Å². The second kappa shape index (κ2) is 8.51. The van der Waals surface area contributed by atoms with Gasteiger partial charge < -0.3 is 4.42 Å². The SMILES string of the molecule is c1cc(-c2cc3ccccc3c3ccccc23)cc(-c2nc3ccccc3c3ccc4c5ccccc5oc4c23)c1. The lowest BCUT2D eigenvalue weighted by atomic mass is 9.91. The Kier molecular flexibility index (Phi) is 4.64. The van der Waals surface area contributed by atoms with E-state index in [-0.39, 0.29) is 0 Å². The van der Waals surface area contributed by atoms with E-state index >= 15 is 0 Å². The van der Waals surface area contributed by atoms with Crippen molar-refractivity contribution in [2.24, 2.45) is 0 Å². The van der Waals surface area contributed by atoms with Crippen molar-refractivity contribution >= 4 is 65.2 Å². The molecule has 0 radical (unpaired) electrons. The Balaban J connectivity index is 1.37. The fourth-order valence-electron chi connectivity index (χ4n) is 6.56. The van der Waals surface area contributed by atoms with Gasteiger partial charge in [-0.3, -0.25) is 0 Å². The van der Waals surface area contributed by atoms with Crippen LogP contribution in [0.1, 0.15) is 0 Å². The number of nitrogens with zero attached hydrogens (tertiary/aromatic N) is 1. The minimum atomic E-state index is 0.888. The lowest BCUT2D eigenvalue weighted by Gasteiger charge is -2.14. The van der Waals surface area contributed by atoms with Gasteiger partial charge in [-0.1, -0.05) is 109 Å². The molecule has 9 aromatic rings. The maximum absolute atomic E-state index is 6.56. The van der Waals surface area contributed by atoms with Gasteiger partial charge in [-0.05, 0) is 68.4 Å². The largest absolute Gasteiger partial charge is 0.455 e. The second-order valence-electron chi connectivity index (χ2n) is 10.7. The number of para-hydroxylation sites is 2. The van der Waals surface area contributed by atoms with Crippen LogP contribution < -0.4 is 0 Å². The Labute approximate surface area is 236 Å². The Hall–Kier alpha value is -5.47. The van der Waals surface area contributed by atoms with Crippen molar-refractivity contribution in [1.82, 2.24) is 4.98 Å². The predicted octanol–water partition coefficient (Wildman–Crippen LogP) is 10.9. The molecular weight excluding hydrogens is 498 g/mol. The summed E-state index contributed by atoms with van der Waals surface area (Å²) >= 11 is 0. The molecule has 0 bridgehead atoms. The summed E-state index contributed by atoms with van der Waals surface area (Å²) in [4.78, 5) is 5.28. The highest BCUT2D eigenvalue weighted by Gasteiger charge is 2.18. The molecule has 7 aromatic carbocycles. The number of benzene rings is 7. The molecule has 0 fully saturated rings. The third kappa shape index (κ3) is 3.28. The first-order chi connectivity index (χ1) is 20.3. The molecule has 2 heteroatoms. The fourth-order valence-corrected chi connectivity index (χ4v) is 6.56. The average molecular weight is 522 g/mol. The number of aromatic nitrogens is 1. The van der Waals surface area contributed by atoms with E-state index in [2.05, 4.69) is 127 Å². The fraction of sp³-hybridized carbons (Fsp3) is 0. The Bertz CT molecular complexity index is 2480. The zero-order valence-electron chi connectivity index (χ0n) is 22.1. The second-order valence-corrected chi connectivity index (χ2v) is 10.7. The number of hydrogen-bond acceptors (Lipinski definition) is 2. The Morgan fingerprint density at radius 2 is 1.12 bits per heavy atom. The Morgan fingerprint density at radius 1 is 0.439 bits per heavy atom. The van der Waals surface area contributed by atoms with Gasteiger partial charge in [0.1, 0.15) is 11.2 Å². The number of fused-ring (bicyclic) bond motifs is 10. The minimum Gasteiger partial charge on any atom is -0.455 e. The van der Waals surface area contributed by atoms with Crippen LogP contribution in [0.5, 0.6) is 0 Å². The van der Waals surface area contributed by atoms with Crippen LogP contribution >= 0.6 is 0 Å². The van der Waals surface area contributed by atoms with Crippen molar-refractivity contribution in [3.8, 4) is 22.4 Å². The molecule has 41 heavy (non-hydrogen) atoms. The number of pyridine rings is 1. The molecule has 2 nitrogen and oxygen atoms in total. The number of rotatable bonds is 2. The highest BCUT2D eigenvalue weighted by Crippen LogP contribution is 2.42. The molecule has 0 spiro atoms. The number of hydrogen-bond donors (Lipinski definition) is 0. The van der Waals surface area contributed by atoms with Crippen molar-refractivity contribution in [3.05, 3.63) is 140 Å². The predicted molar refractivity (Wildman–Crippen MR) is 172 cm³/mol. The first kappa shape index (κ1) is 22.4. The lowest BCUT2D eigenvalue weighted by Crippen LogP contribution is -1.91. The van der Waals surface area contributed by atoms with Crippen LogP contribution in [0.4, 0.5) is 0 Å². The molecule has 0 atom stereocenters. The normalized spacial score (nSPS) is 11.9. The zero-order chi connectivity index (χ0) is 26.9. The molecule has 0 saturated carbocycles. The molecule has 0 aliphatic carbocycles. The quantitative estimate of drug-likeness (QED) is 0.211. The molecule has 9 rings (SSSR count). The topological polar surface area (TPSA) is 26.0 Å². The van der Waals surface area contributed by atoms with E-state index in [1.165, 1.54) is 32.7 Å². The van der Waals surface area contributed by atoms with Gasteiger partial charge in [0.15, 0.2) is 0 Å². The first-order valence-corrected chi connectivity index (χ1v) is 14.0. The summed E-state index contributed by atoms with van der Waals surface area (Å²) in [6.07, 6.45) is 0. The summed E-state index contributed by atoms with van der Waals surface area (Å²) in [5.41, 5.74) is 7.17. The maximum Gasteiger partial charge on any atom is 0.145 e. The smallest absolute Gasteiger partial charge is 0.145 e. The summed E-state index contributed by atoms with van der Waals surface area (Å²) in [5.74, 6) is 0. The Morgan fingerprint density at radius 3 is 2.02 bits per heavy atom. The van der Waals surface area contributed by atoms with Crippen molar-refractivity contribution in [3.63, 3.8) is 0 Å². The van der Waals surface area contributed by atoms with Crippen LogP contribution in [-0.2, 0) is 0 Å². The van der Waals surface area contributed by atoms with Gasteiger partial charge in [-0.25, -0.2) is 4.98 Å². The summed E-state index contributed by atoms with van der Waals surface area (Å²) in [6, 6.07) is 49.6. The van der Waals surface area contributed by atoms with E-state index in [1.54, 1.807) is 0 Å². The van der Waals surface area contributed by atoms with Crippen LogP contribution in [0.25, 0.3) is 87.5 Å². The summed E-state index contributed by atoms with van der Waals surface area (Å²) in [6.45, 7) is 0. The molecule has 190 valence electrons. The highest BCUT2D eigenvalue weighted by molar-refractivity contribution is 6.23. The first-order valence-electron chi connectivity index (χ1n) is 14.0. The average Bonchev–Trinajstić information content (AvgIpc) is 3.43. The zero-order valence-corrected chi connectivity index (χ0v) is 22.1. The summed E-state index contributed by atoms with van der Waals surface area (Å²) in [7, 11) is 0. The van der Waals surface area contributed by atoms with E-state index in [0.717, 1.165) is 54.9 Å². The van der Waals surface area contributed by atoms with Gasteiger partial charge in [0.25, 0.3) is 0 Å². The van der Waals surface area contributed by atoms with E-state index < -0.39 is 0 Å². The van der Waals surface area contributed by atoms with Gasteiger partial charge >= 0.3 is 0 Å². The molecule has 0 N–H and O–H groups in total. The summed E-state index contributed by atoms with van der Waals surface area (Å²) in [5, 5.41) is 10.6. The van der Waals surface area contributed by atoms with Crippen LogP contribution in [0, 0.1) is 0 Å². The minimum absolute atomic E-state index is 0.888. The van der Waals surface area contributed by atoms with Crippen molar-refractivity contribution in [2.45, 2.75) is 0 Å². The maximum atomic E-state index is 6.56. The third-order valence-corrected chi connectivity index (χ3v) is 8.43. The number of furan rings is 1. The molecule has 0 aliphatic heterocycles. The molecule has 0 unspecified atom stereocenters. The van der Waals surface area contributed by atoms with E-state index in [0.29, 0.717) is 0 Å². The molecule has 0 amide bonds. The van der Waals surface area contributed by atoms with Crippen LogP contribution in [0.2, 0.25) is 0 Å². The molecule has 0 aliphatic rings. The van der Waals surface area contributed by atoms with E-state index in [9.17, 15) is 0 Å². The monoisotopic (exact) mass is 521 g/mol. The lowest BCUT2D eigenvalue weighted by molar-refractivity contribution is 0.672. The van der Waals surface area contributed by atoms with Crippen LogP contribution in [0.15, 0.2) is 144 Å². The van der Waals surface area contributed by atoms with Gasteiger partial charge in [0.2, 0.25) is 0 Å². The van der Waals surface area contributed by atoms with E-state index in [1.807, 2.05) is 12.1 Å². The van der Waals surface area contributed by atoms with Gasteiger partial charge in [0, 0.05) is 21.7 Å². The van der Waals surface area contributed by atoms with Crippen molar-refractivity contribution < 1.29 is 4.42 Å². The van der Waals surface area contributed by atoms with Gasteiger partial charge in [-0.2, -0.15) is 0 Å². The van der Waals surface area contributed by atoms with Crippen LogP contribution in [0.3, 0.4) is 0 Å². The molecule has 2 heterocycles. The van der Waals surface area contributed by atoms with Crippen LogP contribution in [-0.4, -0.2) is 4.98 Å². The standard InChI is InChI=1S/C39H23NO/c1-2-13-27-25(10-1)23-34(29-15-4-3-14-28(27)29)24-11-9-12-26(22-24)38-37-32(30-16-5-7-18-35(30)40-38)20-21-33-31-17-6-8-19-36(31)41-39(33)37/h1-23H. The van der Waals surface area contributed by atoms with Gasteiger partial charge in [-0.15, -0.1) is 0 Å². The summed E-state index contributed by atoms with van der Waals surface area (Å²) < 4.78 is 6.56. The third-order valence-electron chi connectivity index (χ3n) is 8.43. The van der Waals surface area contributed by atoms with Crippen molar-refractivity contribution in [1.29, 1.82) is 0 Å². The highest BCUT2D eigenvalue weighted by atomic mass is 16.3. The molecular formula is C39H23NO. The van der Waals surface area contributed by atoms with Gasteiger partial charge in [0.05, 0.1) is 16.6 Å². The molecule has 2 aromatic heterocycles. The van der Waals surface area contributed by atoms with Crippen molar-refractivity contribution in [2.75, 3.05) is 0 Å². The molecule has 0 saturated heterocycles.